The Morgan fingerprint density at radius 1 is 0.457 bits per heavy atom. The van der Waals surface area contributed by atoms with E-state index in [9.17, 15) is 0 Å². The lowest BCUT2D eigenvalue weighted by molar-refractivity contribution is 0.411. The summed E-state index contributed by atoms with van der Waals surface area (Å²) in [5.41, 5.74) is 29.5. The lowest BCUT2D eigenvalue weighted by atomic mass is 9.33. The quantitative estimate of drug-likeness (QED) is 0.156. The van der Waals surface area contributed by atoms with Gasteiger partial charge in [0.25, 0.3) is 6.71 Å². The highest BCUT2D eigenvalue weighted by atomic mass is 15.1. The summed E-state index contributed by atoms with van der Waals surface area (Å²) in [6.45, 7) is 19.0. The monoisotopic (exact) mass is 898 g/mol. The van der Waals surface area contributed by atoms with Crippen LogP contribution in [0.25, 0.3) is 88.4 Å². The van der Waals surface area contributed by atoms with E-state index in [1.807, 2.05) is 0 Å². The Hall–Kier alpha value is -7.36. The third-order valence-corrected chi connectivity index (χ3v) is 16.5. The Kier molecular flexibility index (Phi) is 7.81. The number of benzene rings is 9. The summed E-state index contributed by atoms with van der Waals surface area (Å²) in [4.78, 5) is 0. The Balaban J connectivity index is 1.22. The van der Waals surface area contributed by atoms with Crippen LogP contribution in [0, 0.1) is 24.7 Å². The van der Waals surface area contributed by atoms with E-state index in [-0.39, 0.29) is 17.5 Å². The average molecular weight is 899 g/mol. The molecule has 5 heterocycles. The Morgan fingerprint density at radius 2 is 1.06 bits per heavy atom. The molecule has 0 radical (unpaired) electrons. The fourth-order valence-electron chi connectivity index (χ4n) is 14.4. The molecule has 3 heteroatoms. The van der Waals surface area contributed by atoms with Crippen LogP contribution >= 0.6 is 0 Å². The van der Waals surface area contributed by atoms with Gasteiger partial charge in [-0.15, -0.1) is 0 Å². The van der Waals surface area contributed by atoms with Crippen molar-refractivity contribution >= 4 is 66.6 Å². The minimum Gasteiger partial charge on any atom is -0.310 e. The Labute approximate surface area is 411 Å². The third kappa shape index (κ3) is 5.15. The molecule has 15 rings (SSSR count). The van der Waals surface area contributed by atoms with E-state index in [0.29, 0.717) is 0 Å². The molecule has 0 amide bonds. The molecule has 1 aliphatic carbocycles. The summed E-state index contributed by atoms with van der Waals surface area (Å²) < 4.78 is 5.51. The second-order valence-electron chi connectivity index (χ2n) is 23.8. The summed E-state index contributed by atoms with van der Waals surface area (Å²) in [5, 5.41) is 6.71. The molecule has 0 bridgehead atoms. The molecule has 0 fully saturated rings. The van der Waals surface area contributed by atoms with E-state index < -0.39 is 5.41 Å². The zero-order valence-electron chi connectivity index (χ0n) is 41.5. The van der Waals surface area contributed by atoms with Crippen molar-refractivity contribution in [3.05, 3.63) is 208 Å². The summed E-state index contributed by atoms with van der Waals surface area (Å²) >= 11 is 0. The lowest BCUT2D eigenvalue weighted by Crippen LogP contribution is -2.60. The van der Waals surface area contributed by atoms with Gasteiger partial charge in [-0.25, -0.2) is 0 Å². The Morgan fingerprint density at radius 3 is 1.71 bits per heavy atom. The fraction of sp³-hybridized carbons (Fsp3) is 0.194. The van der Waals surface area contributed by atoms with Crippen LogP contribution in [0.2, 0.25) is 0 Å². The molecule has 0 saturated carbocycles. The highest BCUT2D eigenvalue weighted by Crippen LogP contribution is 2.62. The van der Waals surface area contributed by atoms with Crippen LogP contribution in [0.1, 0.15) is 86.1 Å². The summed E-state index contributed by atoms with van der Waals surface area (Å²) in [6.07, 6.45) is 1.98. The lowest BCUT2D eigenvalue weighted by Gasteiger charge is -2.44. The zero-order valence-corrected chi connectivity index (χ0v) is 41.5. The van der Waals surface area contributed by atoms with Gasteiger partial charge in [-0.2, -0.15) is 0 Å². The van der Waals surface area contributed by atoms with E-state index >= 15 is 0 Å². The maximum atomic E-state index is 2.80. The molecule has 2 nitrogen and oxygen atoms in total. The first-order valence-electron chi connectivity index (χ1n) is 25.5. The second-order valence-corrected chi connectivity index (χ2v) is 23.8. The third-order valence-electron chi connectivity index (χ3n) is 16.5. The predicted octanol–water partition coefficient (Wildman–Crippen LogP) is 14.8. The van der Waals surface area contributed by atoms with Crippen molar-refractivity contribution in [1.29, 1.82) is 0 Å². The highest BCUT2D eigenvalue weighted by Gasteiger charge is 2.55. The van der Waals surface area contributed by atoms with Gasteiger partial charge in [0, 0.05) is 38.6 Å². The van der Waals surface area contributed by atoms with Crippen LogP contribution in [-0.4, -0.2) is 15.8 Å². The van der Waals surface area contributed by atoms with Crippen molar-refractivity contribution in [2.45, 2.75) is 73.6 Å². The molecule has 2 aromatic heterocycles. The largest absolute Gasteiger partial charge is 0.310 e. The average Bonchev–Trinajstić information content (AvgIpc) is 3.94. The van der Waals surface area contributed by atoms with Gasteiger partial charge in [0.2, 0.25) is 0 Å². The van der Waals surface area contributed by atoms with Crippen LogP contribution in [-0.2, 0) is 18.3 Å². The number of aryl methyl sites for hydroxylation is 2. The molecule has 4 aliphatic rings. The smallest absolute Gasteiger partial charge is 0.253 e. The van der Waals surface area contributed by atoms with Gasteiger partial charge >= 0.3 is 0 Å². The molecule has 3 aliphatic heterocycles. The summed E-state index contributed by atoms with van der Waals surface area (Å²) in [6, 6.07) is 64.5. The van der Waals surface area contributed by atoms with Crippen LogP contribution in [0.4, 0.5) is 0 Å². The standard InChI is InChI=1S/C67H55BN2/c1-38-23-25-46-47-26-24-39(2)30-53(47)67(52(46)29-38)51-27-28-56-59-64(51)70-61-48(31-40(33-54(61)67)36-65(3,4)5)49-32-41(37-66(6,7)8)34-55(62(49)70)68(59)58-45-22-16-15-21-44(45)35-50-57(42-17-11-9-12-18-42)60(69(56)63(50)58)43-19-13-10-14-20-43/h9-35H,36-37H2,1-8H3. The van der Waals surface area contributed by atoms with Crippen molar-refractivity contribution in [3.8, 4) is 44.9 Å². The number of rotatable bonds is 4. The van der Waals surface area contributed by atoms with Crippen LogP contribution in [0.5, 0.6) is 0 Å². The van der Waals surface area contributed by atoms with Crippen molar-refractivity contribution in [2.24, 2.45) is 10.8 Å². The first-order chi connectivity index (χ1) is 33.8. The van der Waals surface area contributed by atoms with E-state index in [4.69, 9.17) is 0 Å². The van der Waals surface area contributed by atoms with Crippen molar-refractivity contribution < 1.29 is 0 Å². The summed E-state index contributed by atoms with van der Waals surface area (Å²) in [7, 11) is 0. The first-order valence-corrected chi connectivity index (χ1v) is 25.5. The maximum absolute atomic E-state index is 2.80. The fourth-order valence-corrected chi connectivity index (χ4v) is 14.4. The summed E-state index contributed by atoms with van der Waals surface area (Å²) in [5.74, 6) is 0. The van der Waals surface area contributed by atoms with Gasteiger partial charge in [-0.3, -0.25) is 0 Å². The van der Waals surface area contributed by atoms with Gasteiger partial charge in [0.05, 0.1) is 22.1 Å². The maximum Gasteiger partial charge on any atom is 0.253 e. The number of hydrogen-bond donors (Lipinski definition) is 0. The molecule has 70 heavy (non-hydrogen) atoms. The minimum atomic E-state index is -0.553. The van der Waals surface area contributed by atoms with Gasteiger partial charge in [-0.05, 0) is 145 Å². The van der Waals surface area contributed by atoms with Crippen LogP contribution in [0.15, 0.2) is 164 Å². The van der Waals surface area contributed by atoms with Gasteiger partial charge in [0.15, 0.2) is 0 Å². The molecule has 1 spiro atoms. The van der Waals surface area contributed by atoms with Crippen LogP contribution in [0.3, 0.4) is 0 Å². The number of hydrogen-bond acceptors (Lipinski definition) is 0. The predicted molar refractivity (Wildman–Crippen MR) is 297 cm³/mol. The molecule has 0 saturated heterocycles. The van der Waals surface area contributed by atoms with Crippen molar-refractivity contribution in [3.63, 3.8) is 0 Å². The highest BCUT2D eigenvalue weighted by molar-refractivity contribution is 7.01. The number of aromatic nitrogens is 2. The number of fused-ring (bicyclic) bond motifs is 13. The van der Waals surface area contributed by atoms with E-state index in [0.717, 1.165) is 12.8 Å². The first kappa shape index (κ1) is 40.5. The number of nitrogens with zero attached hydrogens (tertiary/aromatic N) is 2. The molecule has 336 valence electrons. The van der Waals surface area contributed by atoms with Gasteiger partial charge in [0.1, 0.15) is 0 Å². The topological polar surface area (TPSA) is 9.86 Å². The van der Waals surface area contributed by atoms with E-state index in [1.165, 1.54) is 149 Å². The SMILES string of the molecule is Cc1ccc2c(c1)C1(c3cc(C)ccc3-2)c2ccc3c4c2-n2c5c(cc(CC(C)(C)C)cc5c5cc(CC(C)(C)C)cc1c52)B4c1c2ccccc2cc2c(-c4ccccc4)c(-c4ccccc4)n-3c12. The van der Waals surface area contributed by atoms with Gasteiger partial charge < -0.3 is 9.13 Å². The van der Waals surface area contributed by atoms with Crippen molar-refractivity contribution in [2.75, 3.05) is 0 Å². The van der Waals surface area contributed by atoms with E-state index in [1.54, 1.807) is 0 Å². The molecular weight excluding hydrogens is 844 g/mol. The second kappa shape index (κ2) is 13.5. The zero-order chi connectivity index (χ0) is 47.3. The molecule has 0 atom stereocenters. The molecule has 0 N–H and O–H groups in total. The molecule has 11 aromatic rings. The molecule has 0 unspecified atom stereocenters. The Bertz CT molecular complexity index is 4100. The normalized spacial score (nSPS) is 14.5. The van der Waals surface area contributed by atoms with Crippen LogP contribution < -0.4 is 16.4 Å². The van der Waals surface area contributed by atoms with Gasteiger partial charge in [-0.1, -0.05) is 192 Å². The minimum absolute atomic E-state index is 0.0181. The molecule has 9 aromatic carbocycles. The van der Waals surface area contributed by atoms with E-state index in [2.05, 4.69) is 228 Å². The van der Waals surface area contributed by atoms with Crippen molar-refractivity contribution in [1.82, 2.24) is 9.13 Å². The molecular formula is C67H55BN2.